The molecule has 0 aliphatic heterocycles. The minimum atomic E-state index is -4.46. The Balaban J connectivity index is 2.96. The van der Waals surface area contributed by atoms with E-state index in [-0.39, 0.29) is 11.3 Å². The van der Waals surface area contributed by atoms with E-state index in [2.05, 4.69) is 10.2 Å². The van der Waals surface area contributed by atoms with Gasteiger partial charge in [0.1, 0.15) is 5.49 Å². The maximum Gasteiger partial charge on any atom is 0.445 e. The van der Waals surface area contributed by atoms with Gasteiger partial charge in [-0.25, -0.2) is 0 Å². The van der Waals surface area contributed by atoms with E-state index >= 15 is 0 Å². The highest BCUT2D eigenvalue weighted by molar-refractivity contribution is 7.09. The Labute approximate surface area is 53.7 Å². The molecule has 1 aromatic rings. The Kier molecular flexibility index (Phi) is 1.11. The first-order chi connectivity index (χ1) is 4.50. The molecule has 0 saturated heterocycles. The second-order valence-corrected chi connectivity index (χ2v) is 1.97. The lowest BCUT2D eigenvalue weighted by Crippen LogP contribution is -2.03. The van der Waals surface area contributed by atoms with Gasteiger partial charge in [0.2, 0.25) is 5.01 Å². The summed E-state index contributed by atoms with van der Waals surface area (Å²) in [6.45, 7) is 0. The summed E-state index contributed by atoms with van der Waals surface area (Å²) in [5, 5.41) is 4.57. The van der Waals surface area contributed by atoms with E-state index in [1.807, 2.05) is 0 Å². The van der Waals surface area contributed by atoms with E-state index < -0.39 is 16.7 Å². The van der Waals surface area contributed by atoms with Gasteiger partial charge in [0.05, 0.1) is 1.37 Å². The summed E-state index contributed by atoms with van der Waals surface area (Å²) < 4.78 is 41.5. The molecule has 50 valence electrons. The predicted octanol–water partition coefficient (Wildman–Crippen LogP) is 1.56. The van der Waals surface area contributed by atoms with Gasteiger partial charge in [-0.3, -0.25) is 0 Å². The number of nitrogens with zero attached hydrogens (tertiary/aromatic N) is 2. The van der Waals surface area contributed by atoms with Crippen LogP contribution in [0.15, 0.2) is 5.49 Å². The number of hydrogen-bond donors (Lipinski definition) is 0. The van der Waals surface area contributed by atoms with Crippen molar-refractivity contribution < 1.29 is 14.5 Å². The first-order valence-corrected chi connectivity index (χ1v) is 2.69. The van der Waals surface area contributed by atoms with E-state index in [9.17, 15) is 13.2 Å². The highest BCUT2D eigenvalue weighted by Crippen LogP contribution is 2.29. The summed E-state index contributed by atoms with van der Waals surface area (Å²) in [7, 11) is 0. The van der Waals surface area contributed by atoms with Crippen molar-refractivity contribution in [3.63, 3.8) is 0 Å². The molecule has 1 heterocycles. The van der Waals surface area contributed by atoms with Crippen molar-refractivity contribution in [2.75, 3.05) is 0 Å². The minimum Gasteiger partial charge on any atom is -0.164 e. The second-order valence-electron chi connectivity index (χ2n) is 1.20. The molecule has 0 fully saturated rings. The Morgan fingerprint density at radius 2 is 2.33 bits per heavy atom. The summed E-state index contributed by atoms with van der Waals surface area (Å²) in [5.74, 6) is 0. The zero-order chi connectivity index (χ0) is 7.78. The van der Waals surface area contributed by atoms with Crippen molar-refractivity contribution in [3.8, 4) is 0 Å². The first kappa shape index (κ1) is 5.16. The van der Waals surface area contributed by atoms with Gasteiger partial charge >= 0.3 is 6.18 Å². The first-order valence-electron chi connectivity index (χ1n) is 2.37. The standard InChI is InChI=1S/C3HF3N2S/c4-3(5,6)2-8-7-1-9-2/h1H/i1D. The number of rotatable bonds is 0. The molecule has 6 heteroatoms. The molecule has 1 rings (SSSR count). The van der Waals surface area contributed by atoms with Crippen LogP contribution < -0.4 is 0 Å². The monoisotopic (exact) mass is 155 g/mol. The summed E-state index contributed by atoms with van der Waals surface area (Å²) in [6.07, 6.45) is -4.46. The molecule has 0 spiro atoms. The summed E-state index contributed by atoms with van der Waals surface area (Å²) in [5.41, 5.74) is -0.424. The molecule has 0 saturated carbocycles. The molecule has 0 amide bonds. The van der Waals surface area contributed by atoms with E-state index in [4.69, 9.17) is 1.37 Å². The normalized spacial score (nSPS) is 13.4. The van der Waals surface area contributed by atoms with Crippen LogP contribution in [0, 0.1) is 0 Å². The molecular formula is C3HF3N2S. The van der Waals surface area contributed by atoms with E-state index in [1.165, 1.54) is 0 Å². The lowest BCUT2D eigenvalue weighted by atomic mass is 10.7. The zero-order valence-corrected chi connectivity index (χ0v) is 4.75. The molecule has 0 bridgehead atoms. The number of hydrogen-bond acceptors (Lipinski definition) is 3. The second kappa shape index (κ2) is 1.94. The van der Waals surface area contributed by atoms with Crippen LogP contribution in [0.5, 0.6) is 0 Å². The van der Waals surface area contributed by atoms with Crippen molar-refractivity contribution in [3.05, 3.63) is 10.5 Å². The Bertz CT molecular complexity index is 232. The smallest absolute Gasteiger partial charge is 0.164 e. The fraction of sp³-hybridized carbons (Fsp3) is 0.333. The van der Waals surface area contributed by atoms with Crippen LogP contribution >= 0.6 is 11.3 Å². The van der Waals surface area contributed by atoms with E-state index in [0.29, 0.717) is 0 Å². The average molecular weight is 155 g/mol. The lowest BCUT2D eigenvalue weighted by Gasteiger charge is -1.96. The van der Waals surface area contributed by atoms with Gasteiger partial charge < -0.3 is 0 Å². The molecule has 0 aliphatic carbocycles. The maximum atomic E-state index is 11.6. The van der Waals surface area contributed by atoms with Crippen molar-refractivity contribution in [2.24, 2.45) is 0 Å². The molecule has 1 aromatic heterocycles. The van der Waals surface area contributed by atoms with Crippen molar-refractivity contribution in [1.29, 1.82) is 0 Å². The van der Waals surface area contributed by atoms with Gasteiger partial charge in [0.25, 0.3) is 0 Å². The quantitative estimate of drug-likeness (QED) is 0.568. The van der Waals surface area contributed by atoms with E-state index in [0.717, 1.165) is 0 Å². The largest absolute Gasteiger partial charge is 0.445 e. The molecule has 0 atom stereocenters. The van der Waals surface area contributed by atoms with Gasteiger partial charge in [-0.1, -0.05) is 11.3 Å². The van der Waals surface area contributed by atoms with Crippen LogP contribution in [-0.4, -0.2) is 10.2 Å². The molecule has 9 heavy (non-hydrogen) atoms. The highest BCUT2D eigenvalue weighted by Gasteiger charge is 2.34. The molecular weight excluding hydrogens is 153 g/mol. The van der Waals surface area contributed by atoms with Gasteiger partial charge in [0.15, 0.2) is 0 Å². The third-order valence-electron chi connectivity index (χ3n) is 0.566. The fourth-order valence-electron chi connectivity index (χ4n) is 0.264. The van der Waals surface area contributed by atoms with Crippen LogP contribution in [0.4, 0.5) is 13.2 Å². The summed E-state index contributed by atoms with van der Waals surface area (Å²) in [4.78, 5) is 0. The van der Waals surface area contributed by atoms with Crippen molar-refractivity contribution in [1.82, 2.24) is 10.2 Å². The van der Waals surface area contributed by atoms with Gasteiger partial charge in [-0.2, -0.15) is 13.2 Å². The van der Waals surface area contributed by atoms with Crippen LogP contribution in [0.2, 0.25) is 0 Å². The van der Waals surface area contributed by atoms with Gasteiger partial charge in [0, 0.05) is 0 Å². The summed E-state index contributed by atoms with van der Waals surface area (Å²) in [6, 6.07) is 0. The molecule has 0 aliphatic rings. The van der Waals surface area contributed by atoms with Gasteiger partial charge in [-0.15, -0.1) is 10.2 Å². The van der Waals surface area contributed by atoms with E-state index in [1.54, 1.807) is 0 Å². The predicted molar refractivity (Wildman–Crippen MR) is 24.9 cm³/mol. The average Bonchev–Trinajstić information content (AvgIpc) is 2.11. The third kappa shape index (κ3) is 1.38. The van der Waals surface area contributed by atoms with Gasteiger partial charge in [-0.05, 0) is 0 Å². The molecule has 0 aromatic carbocycles. The number of alkyl halides is 3. The SMILES string of the molecule is [2H]c1nnc(C(F)(F)F)s1. The molecule has 0 unspecified atom stereocenters. The van der Waals surface area contributed by atoms with Crippen LogP contribution in [0.1, 0.15) is 6.38 Å². The molecule has 0 N–H and O–H groups in total. The minimum absolute atomic E-state index is 0.214. The zero-order valence-electron chi connectivity index (χ0n) is 4.94. The number of aromatic nitrogens is 2. The number of halogens is 3. The molecule has 2 nitrogen and oxygen atoms in total. The lowest BCUT2D eigenvalue weighted by molar-refractivity contribution is -0.138. The topological polar surface area (TPSA) is 25.8 Å². The van der Waals surface area contributed by atoms with Crippen molar-refractivity contribution in [2.45, 2.75) is 6.18 Å². The third-order valence-corrected chi connectivity index (χ3v) is 1.25. The Morgan fingerprint density at radius 1 is 1.67 bits per heavy atom. The van der Waals surface area contributed by atoms with Crippen molar-refractivity contribution >= 4 is 11.3 Å². The fourth-order valence-corrected chi connectivity index (χ4v) is 0.630. The Hall–Kier alpha value is -0.650. The van der Waals surface area contributed by atoms with Crippen LogP contribution in [0.25, 0.3) is 0 Å². The maximum absolute atomic E-state index is 11.6. The Morgan fingerprint density at radius 3 is 2.56 bits per heavy atom. The van der Waals surface area contributed by atoms with Crippen LogP contribution in [-0.2, 0) is 6.18 Å². The highest BCUT2D eigenvalue weighted by atomic mass is 32.1. The summed E-state index contributed by atoms with van der Waals surface area (Å²) >= 11 is 0.214. The molecule has 0 radical (unpaired) electrons. The van der Waals surface area contributed by atoms with Crippen LogP contribution in [0.3, 0.4) is 0 Å².